The molecule has 0 aliphatic carbocycles. The Kier molecular flexibility index (Phi) is 5.84. The van der Waals surface area contributed by atoms with E-state index in [0.717, 1.165) is 15.7 Å². The molecule has 0 bridgehead atoms. The number of nitrogens with zero attached hydrogens (tertiary/aromatic N) is 2. The van der Waals surface area contributed by atoms with E-state index in [-0.39, 0.29) is 23.9 Å². The maximum Gasteiger partial charge on any atom is 0.217 e. The topological polar surface area (TPSA) is 68.0 Å². The maximum absolute atomic E-state index is 13.4. The number of thioether (sulfide) groups is 1. The molecule has 2 heterocycles. The summed E-state index contributed by atoms with van der Waals surface area (Å²) in [5.74, 6) is 0.375. The van der Waals surface area contributed by atoms with E-state index < -0.39 is 0 Å². The zero-order chi connectivity index (χ0) is 20.4. The second kappa shape index (κ2) is 8.52. The van der Waals surface area contributed by atoms with Crippen molar-refractivity contribution >= 4 is 56.6 Å². The molecule has 4 aromatic rings. The van der Waals surface area contributed by atoms with Crippen molar-refractivity contribution in [3.05, 3.63) is 70.2 Å². The number of Topliss-reactive ketones (excluding diaryl/α,β-unsaturated/α-hetero) is 1. The van der Waals surface area contributed by atoms with Crippen LogP contribution in [0, 0.1) is 12.7 Å². The van der Waals surface area contributed by atoms with Gasteiger partial charge in [0.15, 0.2) is 10.1 Å². The Labute approximate surface area is 179 Å². The lowest BCUT2D eigenvalue weighted by Crippen LogP contribution is -2.14. The molecular weight excluding hydrogens is 433 g/mol. The second-order valence-electron chi connectivity index (χ2n) is 6.26. The van der Waals surface area contributed by atoms with Crippen molar-refractivity contribution in [1.29, 1.82) is 0 Å². The van der Waals surface area contributed by atoms with Gasteiger partial charge in [-0.25, -0.2) is 4.39 Å². The van der Waals surface area contributed by atoms with E-state index in [0.29, 0.717) is 26.7 Å². The van der Waals surface area contributed by atoms with Crippen molar-refractivity contribution in [2.45, 2.75) is 17.0 Å². The first kappa shape index (κ1) is 19.9. The molecule has 29 heavy (non-hydrogen) atoms. The van der Waals surface area contributed by atoms with E-state index >= 15 is 0 Å². The highest BCUT2D eigenvalue weighted by Gasteiger charge is 2.18. The van der Waals surface area contributed by atoms with Crippen molar-refractivity contribution in [3.8, 4) is 0 Å². The van der Waals surface area contributed by atoms with Gasteiger partial charge in [0.25, 0.3) is 0 Å². The van der Waals surface area contributed by atoms with Crippen LogP contribution in [0.25, 0.3) is 11.0 Å². The minimum Gasteiger partial charge on any atom is -0.453 e. The van der Waals surface area contributed by atoms with Crippen molar-refractivity contribution in [3.63, 3.8) is 0 Å². The first-order chi connectivity index (χ1) is 14.0. The molecule has 0 fully saturated rings. The number of hydrogen-bond donors (Lipinski definition) is 1. The molecule has 0 aliphatic heterocycles. The average Bonchev–Trinajstić information content (AvgIpc) is 3.30. The molecule has 9 heteroatoms. The van der Waals surface area contributed by atoms with E-state index in [2.05, 4.69) is 15.5 Å². The average molecular weight is 448 g/mol. The molecule has 0 saturated heterocycles. The van der Waals surface area contributed by atoms with E-state index in [1.807, 2.05) is 24.3 Å². The highest BCUT2D eigenvalue weighted by Crippen LogP contribution is 2.29. The van der Waals surface area contributed by atoms with Crippen molar-refractivity contribution in [2.75, 3.05) is 11.9 Å². The van der Waals surface area contributed by atoms with Crippen LogP contribution in [0.1, 0.15) is 21.7 Å². The summed E-state index contributed by atoms with van der Waals surface area (Å²) in [4.78, 5) is 12.5. The summed E-state index contributed by atoms with van der Waals surface area (Å²) in [7, 11) is 0. The summed E-state index contributed by atoms with van der Waals surface area (Å²) < 4.78 is 19.8. The van der Waals surface area contributed by atoms with Gasteiger partial charge in [-0.1, -0.05) is 46.8 Å². The molecule has 5 nitrogen and oxygen atoms in total. The number of hydrogen-bond acceptors (Lipinski definition) is 7. The van der Waals surface area contributed by atoms with Gasteiger partial charge in [0.05, 0.1) is 6.54 Å². The van der Waals surface area contributed by atoms with Crippen molar-refractivity contribution < 1.29 is 13.6 Å². The van der Waals surface area contributed by atoms with E-state index in [4.69, 9.17) is 16.0 Å². The van der Waals surface area contributed by atoms with Gasteiger partial charge in [-0.3, -0.25) is 4.79 Å². The Morgan fingerprint density at radius 2 is 2.03 bits per heavy atom. The second-order valence-corrected chi connectivity index (χ2v) is 8.90. The van der Waals surface area contributed by atoms with Gasteiger partial charge in [0, 0.05) is 21.7 Å². The third-order valence-corrected chi connectivity index (χ3v) is 6.57. The number of fused-ring (bicyclic) bond motifs is 1. The van der Waals surface area contributed by atoms with Crippen LogP contribution in [0.2, 0.25) is 5.02 Å². The van der Waals surface area contributed by atoms with Gasteiger partial charge in [0.1, 0.15) is 11.4 Å². The summed E-state index contributed by atoms with van der Waals surface area (Å²) in [5, 5.41) is 13.0. The van der Waals surface area contributed by atoms with Gasteiger partial charge in [-0.15, -0.1) is 10.2 Å². The van der Waals surface area contributed by atoms with Gasteiger partial charge < -0.3 is 9.73 Å². The molecule has 0 amide bonds. The first-order valence-corrected chi connectivity index (χ1v) is 10.8. The molecule has 1 N–H and O–H groups in total. The highest BCUT2D eigenvalue weighted by atomic mass is 35.5. The number of nitrogens with one attached hydrogen (secondary N) is 1. The molecular formula is C20H15ClFN3O2S2. The molecule has 0 spiro atoms. The fourth-order valence-electron chi connectivity index (χ4n) is 2.76. The summed E-state index contributed by atoms with van der Waals surface area (Å²) in [6.45, 7) is 1.76. The summed E-state index contributed by atoms with van der Waals surface area (Å²) in [6.07, 6.45) is 0. The standard InChI is InChI=1S/C20H15ClFN3O2S2/c1-11-15-8-14(22)6-7-17(15)27-18(11)16(26)9-23-19-24-25-20(29-19)28-10-12-2-4-13(21)5-3-12/h2-8H,9-10H2,1H3,(H,23,24). The smallest absolute Gasteiger partial charge is 0.217 e. The Bertz CT molecular complexity index is 1170. The van der Waals surface area contributed by atoms with Gasteiger partial charge in [-0.05, 0) is 42.8 Å². The zero-order valence-electron chi connectivity index (χ0n) is 15.2. The molecule has 0 saturated carbocycles. The maximum atomic E-state index is 13.4. The van der Waals surface area contributed by atoms with Crippen LogP contribution < -0.4 is 5.32 Å². The zero-order valence-corrected chi connectivity index (χ0v) is 17.6. The number of furan rings is 1. The van der Waals surface area contributed by atoms with Crippen LogP contribution in [-0.2, 0) is 5.75 Å². The predicted octanol–water partition coefficient (Wildman–Crippen LogP) is 5.97. The molecule has 0 unspecified atom stereocenters. The van der Waals surface area contributed by atoms with Crippen LogP contribution in [0.3, 0.4) is 0 Å². The van der Waals surface area contributed by atoms with Gasteiger partial charge >= 0.3 is 0 Å². The number of anilines is 1. The Balaban J connectivity index is 1.36. The third kappa shape index (κ3) is 4.60. The molecule has 148 valence electrons. The largest absolute Gasteiger partial charge is 0.453 e. The Morgan fingerprint density at radius 3 is 2.83 bits per heavy atom. The molecule has 2 aromatic carbocycles. The fraction of sp³-hybridized carbons (Fsp3) is 0.150. The number of benzene rings is 2. The number of aromatic nitrogens is 2. The summed E-state index contributed by atoms with van der Waals surface area (Å²) >= 11 is 8.83. The highest BCUT2D eigenvalue weighted by molar-refractivity contribution is 8.00. The van der Waals surface area contributed by atoms with Crippen molar-refractivity contribution in [1.82, 2.24) is 10.2 Å². The van der Waals surface area contributed by atoms with Gasteiger partial charge in [-0.2, -0.15) is 0 Å². The number of carbonyl (C=O) groups excluding carboxylic acids is 1. The lowest BCUT2D eigenvalue weighted by Gasteiger charge is -2.00. The van der Waals surface area contributed by atoms with Crippen LogP contribution in [0.4, 0.5) is 9.52 Å². The number of rotatable bonds is 7. The molecule has 0 radical (unpaired) electrons. The Hall–Kier alpha value is -2.42. The first-order valence-electron chi connectivity index (χ1n) is 8.66. The predicted molar refractivity (Wildman–Crippen MR) is 115 cm³/mol. The fourth-order valence-corrected chi connectivity index (χ4v) is 4.59. The SMILES string of the molecule is Cc1c(C(=O)CNc2nnc(SCc3ccc(Cl)cc3)s2)oc2ccc(F)cc12. The minimum atomic E-state index is -0.365. The lowest BCUT2D eigenvalue weighted by molar-refractivity contribution is 0.0981. The Morgan fingerprint density at radius 1 is 1.24 bits per heavy atom. The van der Waals surface area contributed by atoms with E-state index in [1.165, 1.54) is 29.5 Å². The van der Waals surface area contributed by atoms with Crippen LogP contribution in [0.15, 0.2) is 51.2 Å². The number of carbonyl (C=O) groups is 1. The van der Waals surface area contributed by atoms with E-state index in [9.17, 15) is 9.18 Å². The summed E-state index contributed by atoms with van der Waals surface area (Å²) in [6, 6.07) is 11.8. The normalized spacial score (nSPS) is 11.1. The summed E-state index contributed by atoms with van der Waals surface area (Å²) in [5.41, 5.74) is 2.25. The quantitative estimate of drug-likeness (QED) is 0.278. The number of ketones is 1. The van der Waals surface area contributed by atoms with Gasteiger partial charge in [0.2, 0.25) is 10.9 Å². The monoisotopic (exact) mass is 447 g/mol. The van der Waals surface area contributed by atoms with Crippen molar-refractivity contribution in [2.24, 2.45) is 0 Å². The number of aryl methyl sites for hydroxylation is 1. The molecule has 4 rings (SSSR count). The molecule has 0 aliphatic rings. The number of halogens is 2. The van der Waals surface area contributed by atoms with Crippen LogP contribution >= 0.6 is 34.7 Å². The van der Waals surface area contributed by atoms with Crippen LogP contribution in [0.5, 0.6) is 0 Å². The third-order valence-electron chi connectivity index (χ3n) is 4.23. The lowest BCUT2D eigenvalue weighted by atomic mass is 10.1. The van der Waals surface area contributed by atoms with E-state index in [1.54, 1.807) is 18.7 Å². The van der Waals surface area contributed by atoms with Crippen LogP contribution in [-0.4, -0.2) is 22.5 Å². The minimum absolute atomic E-state index is 0.0135. The molecule has 0 atom stereocenters. The molecule has 2 aromatic heterocycles.